The Labute approximate surface area is 101 Å². The summed E-state index contributed by atoms with van der Waals surface area (Å²) in [5.41, 5.74) is 0.252. The van der Waals surface area contributed by atoms with Crippen molar-refractivity contribution in [2.24, 2.45) is 0 Å². The number of esters is 1. The minimum absolute atomic E-state index is 0.154. The van der Waals surface area contributed by atoms with Crippen molar-refractivity contribution in [2.75, 3.05) is 19.4 Å². The van der Waals surface area contributed by atoms with Crippen LogP contribution in [0.2, 0.25) is 0 Å². The maximum Gasteiger partial charge on any atom is 0.316 e. The summed E-state index contributed by atoms with van der Waals surface area (Å²) in [6.45, 7) is 2.09. The normalized spacial score (nSPS) is 9.88. The molecule has 0 radical (unpaired) electrons. The fourth-order valence-electron chi connectivity index (χ4n) is 0.861. The van der Waals surface area contributed by atoms with Gasteiger partial charge in [-0.15, -0.1) is 5.10 Å². The van der Waals surface area contributed by atoms with Gasteiger partial charge in [-0.25, -0.2) is 0 Å². The highest BCUT2D eigenvalue weighted by Crippen LogP contribution is 2.24. The molecule has 1 aromatic rings. The Kier molecular flexibility index (Phi) is 5.20. The molecule has 1 aromatic heterocycles. The summed E-state index contributed by atoms with van der Waals surface area (Å²) in [7, 11) is 1.52. The lowest BCUT2D eigenvalue weighted by Gasteiger charge is -2.00. The number of aromatic nitrogens is 2. The summed E-state index contributed by atoms with van der Waals surface area (Å²) < 4.78 is 9.06. The molecule has 8 heteroatoms. The second kappa shape index (κ2) is 6.44. The molecule has 0 saturated carbocycles. The maximum absolute atomic E-state index is 11.3. The van der Waals surface area contributed by atoms with Gasteiger partial charge in [0.15, 0.2) is 5.69 Å². The largest absolute Gasteiger partial charge is 0.465 e. The minimum Gasteiger partial charge on any atom is -0.465 e. The smallest absolute Gasteiger partial charge is 0.316 e. The Bertz CT molecular complexity index is 380. The summed E-state index contributed by atoms with van der Waals surface area (Å²) in [6, 6.07) is 0. The van der Waals surface area contributed by atoms with Crippen LogP contribution in [0.5, 0.6) is 0 Å². The molecular formula is C8H11N3O3S2. The molecule has 1 amide bonds. The van der Waals surface area contributed by atoms with Crippen LogP contribution < -0.4 is 5.32 Å². The maximum atomic E-state index is 11.3. The molecule has 88 valence electrons. The van der Waals surface area contributed by atoms with Gasteiger partial charge in [-0.2, -0.15) is 0 Å². The van der Waals surface area contributed by atoms with Crippen molar-refractivity contribution in [1.29, 1.82) is 0 Å². The Morgan fingerprint density at radius 1 is 1.56 bits per heavy atom. The van der Waals surface area contributed by atoms with Crippen LogP contribution in [0.4, 0.5) is 0 Å². The summed E-state index contributed by atoms with van der Waals surface area (Å²) in [5, 5.41) is 6.15. The number of carbonyl (C=O) groups is 2. The molecule has 16 heavy (non-hydrogen) atoms. The van der Waals surface area contributed by atoms with E-state index in [9.17, 15) is 9.59 Å². The lowest BCUT2D eigenvalue weighted by Crippen LogP contribution is -2.19. The van der Waals surface area contributed by atoms with E-state index in [1.165, 1.54) is 18.8 Å². The molecule has 1 rings (SSSR count). The van der Waals surface area contributed by atoms with Crippen LogP contribution in [0.3, 0.4) is 0 Å². The molecule has 0 unspecified atom stereocenters. The molecule has 0 spiro atoms. The quantitative estimate of drug-likeness (QED) is 0.616. The zero-order valence-corrected chi connectivity index (χ0v) is 10.5. The Morgan fingerprint density at radius 3 is 2.94 bits per heavy atom. The van der Waals surface area contributed by atoms with Crippen LogP contribution >= 0.6 is 23.3 Å². The molecule has 0 bridgehead atoms. The third-order valence-corrected chi connectivity index (χ3v) is 3.46. The summed E-state index contributed by atoms with van der Waals surface area (Å²) >= 11 is 2.29. The topological polar surface area (TPSA) is 81.2 Å². The number of amides is 1. The number of nitrogens with zero attached hydrogens (tertiary/aromatic N) is 2. The highest BCUT2D eigenvalue weighted by atomic mass is 32.2. The predicted molar refractivity (Wildman–Crippen MR) is 60.7 cm³/mol. The van der Waals surface area contributed by atoms with Gasteiger partial charge in [0.25, 0.3) is 5.91 Å². The first-order valence-electron chi connectivity index (χ1n) is 4.51. The molecule has 1 N–H and O–H groups in total. The zero-order valence-electron chi connectivity index (χ0n) is 8.85. The number of thioether (sulfide) groups is 1. The molecule has 0 aliphatic rings. The standard InChI is InChI=1S/C8H11N3O3S2/c1-3-14-5(12)4-15-8-6(7(13)9-2)10-11-16-8/h3-4H2,1-2H3,(H,9,13). The van der Waals surface area contributed by atoms with E-state index in [0.29, 0.717) is 10.8 Å². The van der Waals surface area contributed by atoms with Gasteiger partial charge in [-0.3, -0.25) is 9.59 Å². The van der Waals surface area contributed by atoms with Crippen LogP contribution in [-0.4, -0.2) is 40.9 Å². The molecule has 0 aliphatic carbocycles. The predicted octanol–water partition coefficient (Wildman–Crippen LogP) is 0.553. The molecule has 6 nitrogen and oxygen atoms in total. The molecular weight excluding hydrogens is 250 g/mol. The number of ether oxygens (including phenoxy) is 1. The van der Waals surface area contributed by atoms with Crippen LogP contribution in [0.15, 0.2) is 4.21 Å². The lowest BCUT2D eigenvalue weighted by molar-refractivity contribution is -0.139. The number of carbonyl (C=O) groups excluding carboxylic acids is 2. The Morgan fingerprint density at radius 2 is 2.31 bits per heavy atom. The number of hydrogen-bond donors (Lipinski definition) is 1. The zero-order chi connectivity index (χ0) is 12.0. The third kappa shape index (κ3) is 3.46. The van der Waals surface area contributed by atoms with E-state index in [1.807, 2.05) is 0 Å². The second-order valence-electron chi connectivity index (χ2n) is 2.58. The van der Waals surface area contributed by atoms with Gasteiger partial charge in [-0.1, -0.05) is 16.3 Å². The molecule has 0 aliphatic heterocycles. The third-order valence-electron chi connectivity index (χ3n) is 1.53. The fraction of sp³-hybridized carbons (Fsp3) is 0.500. The van der Waals surface area contributed by atoms with Gasteiger partial charge in [0, 0.05) is 7.05 Å². The fourth-order valence-corrected chi connectivity index (χ4v) is 2.37. The van der Waals surface area contributed by atoms with Crippen LogP contribution in [0, 0.1) is 0 Å². The van der Waals surface area contributed by atoms with E-state index in [0.717, 1.165) is 11.5 Å². The SMILES string of the molecule is CCOC(=O)CSc1snnc1C(=O)NC. The second-order valence-corrected chi connectivity index (χ2v) is 4.58. The lowest BCUT2D eigenvalue weighted by atomic mass is 10.5. The monoisotopic (exact) mass is 261 g/mol. The first-order valence-corrected chi connectivity index (χ1v) is 6.27. The van der Waals surface area contributed by atoms with Crippen molar-refractivity contribution in [3.63, 3.8) is 0 Å². The van der Waals surface area contributed by atoms with Crippen molar-refractivity contribution in [3.8, 4) is 0 Å². The van der Waals surface area contributed by atoms with Gasteiger partial charge in [0.1, 0.15) is 4.21 Å². The summed E-state index contributed by atoms with van der Waals surface area (Å²) in [5.74, 6) is -0.467. The van der Waals surface area contributed by atoms with E-state index in [-0.39, 0.29) is 23.3 Å². The van der Waals surface area contributed by atoms with Crippen molar-refractivity contribution in [3.05, 3.63) is 5.69 Å². The van der Waals surface area contributed by atoms with Gasteiger partial charge >= 0.3 is 5.97 Å². The van der Waals surface area contributed by atoms with Gasteiger partial charge in [0.05, 0.1) is 12.4 Å². The van der Waals surface area contributed by atoms with E-state index in [4.69, 9.17) is 4.74 Å². The Balaban J connectivity index is 2.57. The number of nitrogens with one attached hydrogen (secondary N) is 1. The molecule has 0 atom stereocenters. The number of rotatable bonds is 5. The van der Waals surface area contributed by atoms with Gasteiger partial charge in [0.2, 0.25) is 0 Å². The first-order chi connectivity index (χ1) is 7.69. The molecule has 1 heterocycles. The average molecular weight is 261 g/mol. The molecule has 0 aromatic carbocycles. The summed E-state index contributed by atoms with van der Waals surface area (Å²) in [4.78, 5) is 22.4. The van der Waals surface area contributed by atoms with Crippen molar-refractivity contribution >= 4 is 35.2 Å². The van der Waals surface area contributed by atoms with Gasteiger partial charge in [-0.05, 0) is 18.5 Å². The van der Waals surface area contributed by atoms with Crippen LogP contribution in [-0.2, 0) is 9.53 Å². The van der Waals surface area contributed by atoms with Crippen molar-refractivity contribution < 1.29 is 14.3 Å². The highest BCUT2D eigenvalue weighted by molar-refractivity contribution is 8.01. The van der Waals surface area contributed by atoms with Gasteiger partial charge < -0.3 is 10.1 Å². The van der Waals surface area contributed by atoms with E-state index in [2.05, 4.69) is 14.9 Å². The minimum atomic E-state index is -0.316. The van der Waals surface area contributed by atoms with Crippen molar-refractivity contribution in [1.82, 2.24) is 14.9 Å². The van der Waals surface area contributed by atoms with Crippen LogP contribution in [0.25, 0.3) is 0 Å². The number of hydrogen-bond acceptors (Lipinski definition) is 7. The van der Waals surface area contributed by atoms with E-state index < -0.39 is 0 Å². The van der Waals surface area contributed by atoms with E-state index >= 15 is 0 Å². The average Bonchev–Trinajstić information content (AvgIpc) is 2.74. The molecule has 0 fully saturated rings. The van der Waals surface area contributed by atoms with Crippen LogP contribution in [0.1, 0.15) is 17.4 Å². The van der Waals surface area contributed by atoms with Crippen molar-refractivity contribution in [2.45, 2.75) is 11.1 Å². The summed E-state index contributed by atoms with van der Waals surface area (Å²) in [6.07, 6.45) is 0. The molecule has 0 saturated heterocycles. The van der Waals surface area contributed by atoms with E-state index in [1.54, 1.807) is 6.92 Å². The highest BCUT2D eigenvalue weighted by Gasteiger charge is 2.16. The Hall–Kier alpha value is -1.15. The first kappa shape index (κ1) is 12.9.